The van der Waals surface area contributed by atoms with Gasteiger partial charge in [-0.15, -0.1) is 11.6 Å². The Balaban J connectivity index is 2.39. The molecule has 1 aromatic heterocycles. The Morgan fingerprint density at radius 3 is 2.38 bits per heavy atom. The predicted molar refractivity (Wildman–Crippen MR) is 88.5 cm³/mol. The third-order valence-electron chi connectivity index (χ3n) is 3.33. The number of alkyl halides is 1. The molecule has 0 N–H and O–H groups in total. The van der Waals surface area contributed by atoms with E-state index in [0.717, 1.165) is 22.6 Å². The molecule has 0 aliphatic carbocycles. The van der Waals surface area contributed by atoms with Crippen LogP contribution in [0.25, 0.3) is 0 Å². The summed E-state index contributed by atoms with van der Waals surface area (Å²) in [5.74, 6) is 1.89. The van der Waals surface area contributed by atoms with Gasteiger partial charge in [-0.3, -0.25) is 0 Å². The zero-order valence-electron chi connectivity index (χ0n) is 13.3. The van der Waals surface area contributed by atoms with Crippen molar-refractivity contribution < 1.29 is 4.74 Å². The Labute approximate surface area is 132 Å². The fourth-order valence-electron chi connectivity index (χ4n) is 2.10. The first-order valence-electron chi connectivity index (χ1n) is 7.12. The standard InChI is InChI=1S/C18H22ClNO/c1-12-6-7-15(13(2)8-12)21-17-10-14(11-19)9-16(20-17)18(3,4)5/h6-10H,11H2,1-5H3. The summed E-state index contributed by atoms with van der Waals surface area (Å²) >= 11 is 5.99. The van der Waals surface area contributed by atoms with Gasteiger partial charge in [0.2, 0.25) is 5.88 Å². The second kappa shape index (κ2) is 6.07. The van der Waals surface area contributed by atoms with Crippen molar-refractivity contribution in [3.8, 4) is 11.6 Å². The number of hydrogen-bond acceptors (Lipinski definition) is 2. The molecule has 0 saturated heterocycles. The van der Waals surface area contributed by atoms with Crippen LogP contribution in [-0.4, -0.2) is 4.98 Å². The minimum absolute atomic E-state index is 0.0392. The molecule has 0 saturated carbocycles. The van der Waals surface area contributed by atoms with Crippen molar-refractivity contribution in [1.29, 1.82) is 0 Å². The van der Waals surface area contributed by atoms with E-state index in [-0.39, 0.29) is 5.41 Å². The number of aromatic nitrogens is 1. The third kappa shape index (κ3) is 3.98. The van der Waals surface area contributed by atoms with E-state index in [1.54, 1.807) is 0 Å². The number of rotatable bonds is 3. The van der Waals surface area contributed by atoms with E-state index in [2.05, 4.69) is 38.7 Å². The summed E-state index contributed by atoms with van der Waals surface area (Å²) in [5.41, 5.74) is 4.29. The van der Waals surface area contributed by atoms with Crippen LogP contribution in [0.1, 0.15) is 43.2 Å². The second-order valence-corrected chi connectivity index (χ2v) is 6.72. The maximum absolute atomic E-state index is 5.99. The highest BCUT2D eigenvalue weighted by atomic mass is 35.5. The first kappa shape index (κ1) is 15.8. The van der Waals surface area contributed by atoms with Gasteiger partial charge < -0.3 is 4.74 Å². The number of halogens is 1. The first-order chi connectivity index (χ1) is 9.79. The summed E-state index contributed by atoms with van der Waals surface area (Å²) in [6.45, 7) is 10.5. The molecule has 0 aliphatic heterocycles. The molecule has 1 aromatic carbocycles. The topological polar surface area (TPSA) is 22.1 Å². The smallest absolute Gasteiger partial charge is 0.219 e. The monoisotopic (exact) mass is 303 g/mol. The third-order valence-corrected chi connectivity index (χ3v) is 3.64. The van der Waals surface area contributed by atoms with E-state index in [1.807, 2.05) is 31.2 Å². The lowest BCUT2D eigenvalue weighted by atomic mass is 9.91. The van der Waals surface area contributed by atoms with Crippen LogP contribution in [-0.2, 0) is 11.3 Å². The van der Waals surface area contributed by atoms with Gasteiger partial charge in [0.1, 0.15) is 5.75 Å². The van der Waals surface area contributed by atoms with Crippen LogP contribution in [0.2, 0.25) is 0 Å². The van der Waals surface area contributed by atoms with E-state index in [1.165, 1.54) is 5.56 Å². The van der Waals surface area contributed by atoms with Crippen molar-refractivity contribution >= 4 is 11.6 Å². The van der Waals surface area contributed by atoms with Crippen molar-refractivity contribution in [2.45, 2.75) is 45.9 Å². The fourth-order valence-corrected chi connectivity index (χ4v) is 2.25. The van der Waals surface area contributed by atoms with Gasteiger partial charge in [0.15, 0.2) is 0 Å². The summed E-state index contributed by atoms with van der Waals surface area (Å²) in [5, 5.41) is 0. The number of aryl methyl sites for hydroxylation is 2. The minimum Gasteiger partial charge on any atom is -0.439 e. The van der Waals surface area contributed by atoms with Gasteiger partial charge in [0.05, 0.1) is 5.69 Å². The van der Waals surface area contributed by atoms with Crippen LogP contribution in [0.5, 0.6) is 11.6 Å². The van der Waals surface area contributed by atoms with E-state index in [9.17, 15) is 0 Å². The minimum atomic E-state index is -0.0392. The Morgan fingerprint density at radius 1 is 1.10 bits per heavy atom. The Kier molecular flexibility index (Phi) is 4.58. The molecule has 0 atom stereocenters. The second-order valence-electron chi connectivity index (χ2n) is 6.45. The molecule has 21 heavy (non-hydrogen) atoms. The molecule has 0 radical (unpaired) electrons. The zero-order chi connectivity index (χ0) is 15.6. The van der Waals surface area contributed by atoms with Crippen molar-refractivity contribution in [3.63, 3.8) is 0 Å². The first-order valence-corrected chi connectivity index (χ1v) is 7.65. The lowest BCUT2D eigenvalue weighted by Gasteiger charge is -2.20. The molecule has 0 bridgehead atoms. The van der Waals surface area contributed by atoms with Crippen LogP contribution in [0.15, 0.2) is 30.3 Å². The average molecular weight is 304 g/mol. The molecule has 1 heterocycles. The summed E-state index contributed by atoms with van der Waals surface area (Å²) < 4.78 is 5.97. The number of pyridine rings is 1. The average Bonchev–Trinajstić information content (AvgIpc) is 2.40. The van der Waals surface area contributed by atoms with Gasteiger partial charge in [0.25, 0.3) is 0 Å². The molecule has 2 rings (SSSR count). The molecular weight excluding hydrogens is 282 g/mol. The van der Waals surface area contributed by atoms with Gasteiger partial charge in [-0.05, 0) is 37.1 Å². The highest BCUT2D eigenvalue weighted by molar-refractivity contribution is 6.17. The van der Waals surface area contributed by atoms with Gasteiger partial charge in [-0.25, -0.2) is 4.98 Å². The lowest BCUT2D eigenvalue weighted by molar-refractivity contribution is 0.448. The van der Waals surface area contributed by atoms with Gasteiger partial charge >= 0.3 is 0 Å². The molecule has 0 amide bonds. The predicted octanol–water partition coefficient (Wildman–Crippen LogP) is 5.53. The number of ether oxygens (including phenoxy) is 1. The van der Waals surface area contributed by atoms with Gasteiger partial charge in [-0.1, -0.05) is 38.5 Å². The molecule has 0 unspecified atom stereocenters. The van der Waals surface area contributed by atoms with Crippen molar-refractivity contribution in [2.24, 2.45) is 0 Å². The molecule has 0 aliphatic rings. The highest BCUT2D eigenvalue weighted by Crippen LogP contribution is 2.29. The summed E-state index contributed by atoms with van der Waals surface area (Å²) in [4.78, 5) is 4.63. The number of benzene rings is 1. The van der Waals surface area contributed by atoms with Crippen molar-refractivity contribution in [2.75, 3.05) is 0 Å². The van der Waals surface area contributed by atoms with Crippen molar-refractivity contribution in [1.82, 2.24) is 4.98 Å². The molecule has 112 valence electrons. The van der Waals surface area contributed by atoms with E-state index < -0.39 is 0 Å². The summed E-state index contributed by atoms with van der Waals surface area (Å²) in [7, 11) is 0. The summed E-state index contributed by atoms with van der Waals surface area (Å²) in [6.07, 6.45) is 0. The quantitative estimate of drug-likeness (QED) is 0.696. The Bertz CT molecular complexity index is 644. The van der Waals surface area contributed by atoms with Gasteiger partial charge in [-0.2, -0.15) is 0 Å². The van der Waals surface area contributed by atoms with Crippen LogP contribution < -0.4 is 4.74 Å². The van der Waals surface area contributed by atoms with E-state index in [4.69, 9.17) is 16.3 Å². The Morgan fingerprint density at radius 2 is 1.81 bits per heavy atom. The molecule has 3 heteroatoms. The maximum atomic E-state index is 5.99. The normalized spacial score (nSPS) is 11.5. The zero-order valence-corrected chi connectivity index (χ0v) is 14.1. The van der Waals surface area contributed by atoms with Crippen molar-refractivity contribution in [3.05, 3.63) is 52.7 Å². The van der Waals surface area contributed by atoms with E-state index in [0.29, 0.717) is 11.8 Å². The lowest BCUT2D eigenvalue weighted by Crippen LogP contribution is -2.14. The van der Waals surface area contributed by atoms with E-state index >= 15 is 0 Å². The number of hydrogen-bond donors (Lipinski definition) is 0. The molecule has 0 fully saturated rings. The molecular formula is C18H22ClNO. The maximum Gasteiger partial charge on any atom is 0.219 e. The van der Waals surface area contributed by atoms with Gasteiger partial charge in [0, 0.05) is 17.4 Å². The Hall–Kier alpha value is -1.54. The largest absolute Gasteiger partial charge is 0.439 e. The highest BCUT2D eigenvalue weighted by Gasteiger charge is 2.18. The van der Waals surface area contributed by atoms with Crippen LogP contribution in [0, 0.1) is 13.8 Å². The molecule has 2 aromatic rings. The van der Waals surface area contributed by atoms with Crippen LogP contribution in [0.4, 0.5) is 0 Å². The molecule has 2 nitrogen and oxygen atoms in total. The van der Waals surface area contributed by atoms with Crippen LogP contribution >= 0.6 is 11.6 Å². The number of nitrogens with zero attached hydrogens (tertiary/aromatic N) is 1. The summed E-state index contributed by atoms with van der Waals surface area (Å²) in [6, 6.07) is 10.1. The fraction of sp³-hybridized carbons (Fsp3) is 0.389. The molecule has 0 spiro atoms. The SMILES string of the molecule is Cc1ccc(Oc2cc(CCl)cc(C(C)(C)C)n2)c(C)c1. The van der Waals surface area contributed by atoms with Crippen LogP contribution in [0.3, 0.4) is 0 Å².